The van der Waals surface area contributed by atoms with Crippen molar-refractivity contribution in [3.63, 3.8) is 0 Å². The lowest BCUT2D eigenvalue weighted by Crippen LogP contribution is -2.38. The van der Waals surface area contributed by atoms with Gasteiger partial charge in [-0.3, -0.25) is 23.9 Å². The van der Waals surface area contributed by atoms with E-state index in [2.05, 4.69) is 0 Å². The Kier molecular flexibility index (Phi) is 5.01. The molecule has 2 heterocycles. The Bertz CT molecular complexity index is 1440. The lowest BCUT2D eigenvalue weighted by Gasteiger charge is -2.27. The molecule has 1 atom stereocenters. The average Bonchev–Trinajstić information content (AvgIpc) is 3.10. The summed E-state index contributed by atoms with van der Waals surface area (Å²) >= 11 is 0. The van der Waals surface area contributed by atoms with Crippen molar-refractivity contribution in [1.29, 1.82) is 0 Å². The molecule has 7 nitrogen and oxygen atoms in total. The highest BCUT2D eigenvalue weighted by Gasteiger charge is 2.41. The monoisotopic (exact) mass is 439 g/mol. The molecule has 5 rings (SSSR count). The largest absolute Gasteiger partial charge is 0.495 e. The van der Waals surface area contributed by atoms with Gasteiger partial charge in [-0.2, -0.15) is 0 Å². The number of rotatable bonds is 5. The summed E-state index contributed by atoms with van der Waals surface area (Å²) in [4.78, 5) is 46.3. The van der Waals surface area contributed by atoms with Crippen molar-refractivity contribution >= 4 is 22.7 Å². The lowest BCUT2D eigenvalue weighted by atomic mass is 10.1. The van der Waals surface area contributed by atoms with Gasteiger partial charge in [0.1, 0.15) is 11.6 Å². The van der Waals surface area contributed by atoms with Crippen LogP contribution in [0.3, 0.4) is 0 Å². The Morgan fingerprint density at radius 3 is 2.12 bits per heavy atom. The second-order valence-corrected chi connectivity index (χ2v) is 7.75. The number of nitrogens with zero attached hydrogens (tertiary/aromatic N) is 3. The predicted octanol–water partition coefficient (Wildman–Crippen LogP) is 4.14. The zero-order valence-electron chi connectivity index (χ0n) is 18.2. The van der Waals surface area contributed by atoms with E-state index in [4.69, 9.17) is 9.72 Å². The molecule has 2 amide bonds. The number of fused-ring (bicyclic) bond motifs is 2. The zero-order valence-corrected chi connectivity index (χ0v) is 18.2. The second kappa shape index (κ2) is 8.02. The molecular formula is C26H21N3O4. The van der Waals surface area contributed by atoms with Crippen LogP contribution in [0.25, 0.3) is 16.6 Å². The van der Waals surface area contributed by atoms with Crippen molar-refractivity contribution in [2.75, 3.05) is 7.11 Å². The van der Waals surface area contributed by atoms with Crippen LogP contribution in [0.2, 0.25) is 0 Å². The van der Waals surface area contributed by atoms with Crippen LogP contribution in [0.1, 0.15) is 45.9 Å². The number of benzene rings is 3. The van der Waals surface area contributed by atoms with Crippen LogP contribution in [-0.2, 0) is 0 Å². The normalized spacial score (nSPS) is 13.9. The van der Waals surface area contributed by atoms with Gasteiger partial charge < -0.3 is 4.74 Å². The van der Waals surface area contributed by atoms with Crippen molar-refractivity contribution < 1.29 is 14.3 Å². The Labute approximate surface area is 189 Å². The van der Waals surface area contributed by atoms with Crippen molar-refractivity contribution in [1.82, 2.24) is 14.5 Å². The standard InChI is InChI=1S/C26H21N3O4/c1-3-20(29-24(30)16-10-4-5-11-17(16)25(29)31)23-27-19-13-7-6-12-18(19)26(32)28(23)21-14-8-9-15-22(21)33-2/h4-15,20H,3H2,1-2H3/t20-/m0/s1. The van der Waals surface area contributed by atoms with Gasteiger partial charge in [0, 0.05) is 0 Å². The maximum Gasteiger partial charge on any atom is 0.266 e. The van der Waals surface area contributed by atoms with Gasteiger partial charge in [-0.05, 0) is 42.8 Å². The van der Waals surface area contributed by atoms with Crippen LogP contribution in [0.4, 0.5) is 0 Å². The van der Waals surface area contributed by atoms with Gasteiger partial charge in [-0.25, -0.2) is 4.98 Å². The topological polar surface area (TPSA) is 81.5 Å². The smallest absolute Gasteiger partial charge is 0.266 e. The van der Waals surface area contributed by atoms with E-state index in [0.29, 0.717) is 45.7 Å². The number of para-hydroxylation sites is 3. The van der Waals surface area contributed by atoms with E-state index in [1.807, 2.05) is 13.0 Å². The molecule has 0 fully saturated rings. The molecule has 0 saturated carbocycles. The summed E-state index contributed by atoms with van der Waals surface area (Å²) in [7, 11) is 1.53. The van der Waals surface area contributed by atoms with Gasteiger partial charge in [0.05, 0.1) is 40.9 Å². The highest BCUT2D eigenvalue weighted by molar-refractivity contribution is 6.21. The molecule has 1 aliphatic heterocycles. The van der Waals surface area contributed by atoms with Crippen LogP contribution in [0.15, 0.2) is 77.6 Å². The fourth-order valence-electron chi connectivity index (χ4n) is 4.39. The van der Waals surface area contributed by atoms with E-state index in [9.17, 15) is 14.4 Å². The summed E-state index contributed by atoms with van der Waals surface area (Å²) in [6.45, 7) is 1.86. The number of imide groups is 1. The van der Waals surface area contributed by atoms with E-state index >= 15 is 0 Å². The third-order valence-corrected chi connectivity index (χ3v) is 5.95. The van der Waals surface area contributed by atoms with Gasteiger partial charge in [-0.15, -0.1) is 0 Å². The third-order valence-electron chi connectivity index (χ3n) is 5.95. The summed E-state index contributed by atoms with van der Waals surface area (Å²) < 4.78 is 6.98. The minimum atomic E-state index is -0.750. The van der Waals surface area contributed by atoms with Gasteiger partial charge in [-0.1, -0.05) is 43.3 Å². The number of aromatic nitrogens is 2. The van der Waals surface area contributed by atoms with E-state index in [1.165, 1.54) is 16.6 Å². The first-order valence-corrected chi connectivity index (χ1v) is 10.7. The van der Waals surface area contributed by atoms with Gasteiger partial charge in [0.15, 0.2) is 0 Å². The summed E-state index contributed by atoms with van der Waals surface area (Å²) in [5, 5.41) is 0.435. The minimum Gasteiger partial charge on any atom is -0.495 e. The molecule has 0 aliphatic carbocycles. The Hall–Kier alpha value is -4.26. The van der Waals surface area contributed by atoms with E-state index in [-0.39, 0.29) is 5.56 Å². The Morgan fingerprint density at radius 1 is 0.848 bits per heavy atom. The quantitative estimate of drug-likeness (QED) is 0.437. The molecule has 1 aliphatic rings. The van der Waals surface area contributed by atoms with Crippen molar-refractivity contribution in [2.24, 2.45) is 0 Å². The molecule has 0 radical (unpaired) electrons. The van der Waals surface area contributed by atoms with Crippen molar-refractivity contribution in [3.8, 4) is 11.4 Å². The van der Waals surface area contributed by atoms with Crippen LogP contribution in [0.5, 0.6) is 5.75 Å². The molecule has 0 N–H and O–H groups in total. The summed E-state index contributed by atoms with van der Waals surface area (Å²) in [5.74, 6) is 0.00298. The van der Waals surface area contributed by atoms with Gasteiger partial charge in [0.2, 0.25) is 0 Å². The summed E-state index contributed by atoms with van der Waals surface area (Å²) in [6, 6.07) is 20.2. The SMILES string of the molecule is CC[C@@H](c1nc2ccccc2c(=O)n1-c1ccccc1OC)N1C(=O)c2ccccc2C1=O. The molecule has 4 aromatic rings. The molecule has 0 bridgehead atoms. The zero-order chi connectivity index (χ0) is 23.1. The molecule has 0 unspecified atom stereocenters. The summed E-state index contributed by atoms with van der Waals surface area (Å²) in [6.07, 6.45) is 0.380. The number of hydrogen-bond acceptors (Lipinski definition) is 5. The molecular weight excluding hydrogens is 418 g/mol. The van der Waals surface area contributed by atoms with Crippen LogP contribution >= 0.6 is 0 Å². The first-order chi connectivity index (χ1) is 16.1. The fraction of sp³-hybridized carbons (Fsp3) is 0.154. The number of carbonyl (C=O) groups is 2. The molecule has 0 saturated heterocycles. The first-order valence-electron chi connectivity index (χ1n) is 10.7. The first kappa shape index (κ1) is 20.6. The number of carbonyl (C=O) groups excluding carboxylic acids is 2. The molecule has 7 heteroatoms. The number of ether oxygens (including phenoxy) is 1. The molecule has 3 aromatic carbocycles. The predicted molar refractivity (Wildman–Crippen MR) is 124 cm³/mol. The highest BCUT2D eigenvalue weighted by atomic mass is 16.5. The molecule has 164 valence electrons. The second-order valence-electron chi connectivity index (χ2n) is 7.75. The van der Waals surface area contributed by atoms with Gasteiger partial charge >= 0.3 is 0 Å². The highest BCUT2D eigenvalue weighted by Crippen LogP contribution is 2.34. The fourth-order valence-corrected chi connectivity index (χ4v) is 4.39. The molecule has 33 heavy (non-hydrogen) atoms. The van der Waals surface area contributed by atoms with E-state index in [1.54, 1.807) is 66.7 Å². The lowest BCUT2D eigenvalue weighted by molar-refractivity contribution is 0.0568. The number of hydrogen-bond donors (Lipinski definition) is 0. The van der Waals surface area contributed by atoms with Gasteiger partial charge in [0.25, 0.3) is 17.4 Å². The summed E-state index contributed by atoms with van der Waals surface area (Å²) in [5.41, 5.74) is 1.41. The van der Waals surface area contributed by atoms with Crippen molar-refractivity contribution in [3.05, 3.63) is 100 Å². The molecule has 1 aromatic heterocycles. The molecule has 0 spiro atoms. The van der Waals surface area contributed by atoms with Crippen LogP contribution < -0.4 is 10.3 Å². The van der Waals surface area contributed by atoms with Crippen LogP contribution in [-0.4, -0.2) is 33.4 Å². The average molecular weight is 439 g/mol. The number of methoxy groups -OCH3 is 1. The maximum atomic E-state index is 13.7. The van der Waals surface area contributed by atoms with Crippen molar-refractivity contribution in [2.45, 2.75) is 19.4 Å². The maximum absolute atomic E-state index is 13.7. The number of amides is 2. The Morgan fingerprint density at radius 2 is 1.45 bits per heavy atom. The van der Waals surface area contributed by atoms with E-state index < -0.39 is 17.9 Å². The van der Waals surface area contributed by atoms with Crippen LogP contribution in [0, 0.1) is 0 Å². The Balaban J connectivity index is 1.79. The minimum absolute atomic E-state index is 0.296. The third kappa shape index (κ3) is 3.12. The van der Waals surface area contributed by atoms with E-state index in [0.717, 1.165) is 0 Å².